The summed E-state index contributed by atoms with van der Waals surface area (Å²) in [5.41, 5.74) is -0.433. The van der Waals surface area contributed by atoms with Gasteiger partial charge in [0.1, 0.15) is 23.4 Å². The molecule has 0 aliphatic heterocycles. The number of phenols is 1. The van der Waals surface area contributed by atoms with Gasteiger partial charge in [0, 0.05) is 12.6 Å². The third-order valence-corrected chi connectivity index (χ3v) is 3.96. The maximum absolute atomic E-state index is 13.3. The Morgan fingerprint density at radius 1 is 1.23 bits per heavy atom. The molecule has 2 atom stereocenters. The van der Waals surface area contributed by atoms with Gasteiger partial charge in [-0.3, -0.25) is 9.59 Å². The van der Waals surface area contributed by atoms with Gasteiger partial charge in [-0.25, -0.2) is 4.79 Å². The average Bonchev–Trinajstić information content (AvgIpc) is 2.63. The largest absolute Gasteiger partial charge is 0.508 e. The van der Waals surface area contributed by atoms with E-state index in [0.717, 1.165) is 0 Å². The lowest BCUT2D eigenvalue weighted by atomic mass is 10.0. The topological polar surface area (TPSA) is 128 Å². The van der Waals surface area contributed by atoms with E-state index >= 15 is 0 Å². The minimum atomic E-state index is -1.35. The normalized spacial score (nSPS) is 13.1. The zero-order valence-corrected chi connectivity index (χ0v) is 18.7. The Morgan fingerprint density at radius 2 is 1.87 bits per heavy atom. The highest BCUT2D eigenvalue weighted by molar-refractivity contribution is 5.92. The van der Waals surface area contributed by atoms with Crippen LogP contribution in [0.3, 0.4) is 0 Å². The summed E-state index contributed by atoms with van der Waals surface area (Å²) < 4.78 is 5.16. The molecule has 0 aliphatic rings. The summed E-state index contributed by atoms with van der Waals surface area (Å²) in [5.74, 6) is -1.26. The van der Waals surface area contributed by atoms with Gasteiger partial charge < -0.3 is 30.5 Å². The smallest absolute Gasteiger partial charge is 0.408 e. The molecule has 0 aromatic heterocycles. The van der Waals surface area contributed by atoms with Gasteiger partial charge in [-0.05, 0) is 52.3 Å². The van der Waals surface area contributed by atoms with Crippen LogP contribution in [0.15, 0.2) is 36.9 Å². The van der Waals surface area contributed by atoms with Gasteiger partial charge in [-0.2, -0.15) is 0 Å². The van der Waals surface area contributed by atoms with Crippen LogP contribution in [0.1, 0.15) is 46.2 Å². The molecule has 0 fully saturated rings. The lowest BCUT2D eigenvalue weighted by molar-refractivity contribution is -0.142. The van der Waals surface area contributed by atoms with Crippen molar-refractivity contribution in [3.8, 4) is 5.75 Å². The molecule has 0 spiro atoms. The van der Waals surface area contributed by atoms with Gasteiger partial charge >= 0.3 is 6.09 Å². The number of aliphatic hydroxyl groups excluding tert-OH is 1. The lowest BCUT2D eigenvalue weighted by Crippen LogP contribution is -2.54. The number of nitrogens with one attached hydrogen (secondary N) is 2. The average molecular weight is 436 g/mol. The molecule has 0 heterocycles. The van der Waals surface area contributed by atoms with Gasteiger partial charge in [0.2, 0.25) is 11.8 Å². The minimum absolute atomic E-state index is 0.0445. The predicted octanol–water partition coefficient (Wildman–Crippen LogP) is 1.86. The molecule has 0 saturated carbocycles. The Hall–Kier alpha value is -3.07. The number of nitrogens with zero attached hydrogens (tertiary/aromatic N) is 1. The third-order valence-electron chi connectivity index (χ3n) is 3.96. The van der Waals surface area contributed by atoms with Crippen molar-refractivity contribution in [2.45, 2.75) is 58.3 Å². The van der Waals surface area contributed by atoms with Gasteiger partial charge in [-0.1, -0.05) is 18.2 Å². The number of aromatic hydroxyl groups is 1. The maximum atomic E-state index is 13.3. The maximum Gasteiger partial charge on any atom is 0.408 e. The second-order valence-electron chi connectivity index (χ2n) is 8.32. The Bertz CT molecular complexity index is 788. The summed E-state index contributed by atoms with van der Waals surface area (Å²) in [6, 6.07) is 3.30. The van der Waals surface area contributed by atoms with E-state index in [0.29, 0.717) is 5.56 Å². The van der Waals surface area contributed by atoms with Crippen molar-refractivity contribution in [3.63, 3.8) is 0 Å². The number of benzene rings is 1. The van der Waals surface area contributed by atoms with Crippen LogP contribution in [-0.2, 0) is 14.3 Å². The summed E-state index contributed by atoms with van der Waals surface area (Å²) in [5, 5.41) is 24.7. The second kappa shape index (κ2) is 11.4. The number of carbonyl (C=O) groups is 3. The van der Waals surface area contributed by atoms with Gasteiger partial charge in [-0.15, -0.1) is 6.58 Å². The first-order valence-corrected chi connectivity index (χ1v) is 10.0. The SMILES string of the molecule is C=CCN(C(=O)C(CO)NC(=O)OC(C)(C)C)C(C(=O)NC(C)C)c1cccc(O)c1. The molecule has 0 radical (unpaired) electrons. The molecule has 3 amide bonds. The molecule has 4 N–H and O–H groups in total. The van der Waals surface area contributed by atoms with Crippen LogP contribution >= 0.6 is 0 Å². The number of rotatable bonds is 9. The zero-order chi connectivity index (χ0) is 23.8. The number of amides is 3. The Balaban J connectivity index is 3.31. The van der Waals surface area contributed by atoms with Crippen LogP contribution in [0.2, 0.25) is 0 Å². The lowest BCUT2D eigenvalue weighted by Gasteiger charge is -2.33. The van der Waals surface area contributed by atoms with E-state index in [4.69, 9.17) is 4.74 Å². The fourth-order valence-corrected chi connectivity index (χ4v) is 2.83. The highest BCUT2D eigenvalue weighted by Crippen LogP contribution is 2.25. The quantitative estimate of drug-likeness (QED) is 0.438. The molecule has 9 heteroatoms. The van der Waals surface area contributed by atoms with E-state index in [1.54, 1.807) is 46.8 Å². The monoisotopic (exact) mass is 435 g/mol. The highest BCUT2D eigenvalue weighted by atomic mass is 16.6. The number of carbonyl (C=O) groups excluding carboxylic acids is 3. The van der Waals surface area contributed by atoms with Crippen molar-refractivity contribution < 1.29 is 29.3 Å². The predicted molar refractivity (Wildman–Crippen MR) is 116 cm³/mol. The van der Waals surface area contributed by atoms with E-state index in [9.17, 15) is 24.6 Å². The molecule has 2 unspecified atom stereocenters. The standard InChI is InChI=1S/C22H33N3O6/c1-7-11-25(20(29)17(13-26)24-21(30)31-22(4,5)6)18(19(28)23-14(2)3)15-9-8-10-16(27)12-15/h7-10,12,14,17-18,26-27H,1,11,13H2,2-6H3,(H,23,28)(H,24,30). The Kier molecular flexibility index (Phi) is 9.51. The van der Waals surface area contributed by atoms with Crippen LogP contribution in [0, 0.1) is 0 Å². The molecule has 1 aromatic rings. The van der Waals surface area contributed by atoms with Crippen LogP contribution in [0.4, 0.5) is 4.79 Å². The summed E-state index contributed by atoms with van der Waals surface area (Å²) in [4.78, 5) is 39.6. The van der Waals surface area contributed by atoms with Crippen molar-refractivity contribution in [2.24, 2.45) is 0 Å². The number of alkyl carbamates (subject to hydrolysis) is 1. The number of ether oxygens (including phenoxy) is 1. The fraction of sp³-hybridized carbons (Fsp3) is 0.500. The molecule has 0 aliphatic carbocycles. The first-order chi connectivity index (χ1) is 14.4. The van der Waals surface area contributed by atoms with Crippen LogP contribution in [0.5, 0.6) is 5.75 Å². The fourth-order valence-electron chi connectivity index (χ4n) is 2.83. The molecular formula is C22H33N3O6. The highest BCUT2D eigenvalue weighted by Gasteiger charge is 2.35. The molecular weight excluding hydrogens is 402 g/mol. The first-order valence-electron chi connectivity index (χ1n) is 10.0. The van der Waals surface area contributed by atoms with Crippen molar-refractivity contribution in [3.05, 3.63) is 42.5 Å². The third kappa shape index (κ3) is 8.29. The molecule has 172 valence electrons. The van der Waals surface area contributed by atoms with Crippen molar-refractivity contribution >= 4 is 17.9 Å². The molecule has 1 aromatic carbocycles. The molecule has 9 nitrogen and oxygen atoms in total. The molecule has 0 bridgehead atoms. The number of aliphatic hydroxyl groups is 1. The second-order valence-corrected chi connectivity index (χ2v) is 8.32. The first kappa shape index (κ1) is 26.0. The molecule has 31 heavy (non-hydrogen) atoms. The summed E-state index contributed by atoms with van der Waals surface area (Å²) in [6.45, 7) is 11.4. The summed E-state index contributed by atoms with van der Waals surface area (Å²) in [7, 11) is 0. The van der Waals surface area contributed by atoms with Gasteiger partial charge in [0.05, 0.1) is 6.61 Å². The molecule has 0 saturated heterocycles. The summed E-state index contributed by atoms with van der Waals surface area (Å²) >= 11 is 0. The van der Waals surface area contributed by atoms with E-state index in [1.807, 2.05) is 0 Å². The van der Waals surface area contributed by atoms with Gasteiger partial charge in [0.25, 0.3) is 0 Å². The van der Waals surface area contributed by atoms with Crippen molar-refractivity contribution in [2.75, 3.05) is 13.2 Å². The van der Waals surface area contributed by atoms with E-state index in [-0.39, 0.29) is 18.3 Å². The minimum Gasteiger partial charge on any atom is -0.508 e. The van der Waals surface area contributed by atoms with Crippen LogP contribution in [-0.4, -0.2) is 63.9 Å². The Morgan fingerprint density at radius 3 is 2.35 bits per heavy atom. The number of hydrogen-bond acceptors (Lipinski definition) is 6. The van der Waals surface area contributed by atoms with Crippen LogP contribution < -0.4 is 10.6 Å². The Labute approximate surface area is 183 Å². The van der Waals surface area contributed by atoms with Crippen molar-refractivity contribution in [1.29, 1.82) is 0 Å². The van der Waals surface area contributed by atoms with Crippen LogP contribution in [0.25, 0.3) is 0 Å². The van der Waals surface area contributed by atoms with E-state index < -0.39 is 42.2 Å². The van der Waals surface area contributed by atoms with Crippen molar-refractivity contribution in [1.82, 2.24) is 15.5 Å². The number of hydrogen-bond donors (Lipinski definition) is 4. The molecule has 1 rings (SSSR count). The van der Waals surface area contributed by atoms with E-state index in [1.165, 1.54) is 23.1 Å². The zero-order valence-electron chi connectivity index (χ0n) is 18.7. The van der Waals surface area contributed by atoms with Gasteiger partial charge in [0.15, 0.2) is 0 Å². The van der Waals surface area contributed by atoms with E-state index in [2.05, 4.69) is 17.2 Å². The number of phenolic OH excluding ortho intramolecular Hbond substituents is 1. The summed E-state index contributed by atoms with van der Waals surface area (Å²) in [6.07, 6.45) is 0.553.